The first kappa shape index (κ1) is 13.7. The number of amides is 1. The third-order valence-electron chi connectivity index (χ3n) is 3.01. The Morgan fingerprint density at radius 2 is 2.29 bits per heavy atom. The number of rotatable bonds is 5. The van der Waals surface area contributed by atoms with E-state index < -0.39 is 6.04 Å². The highest BCUT2D eigenvalue weighted by atomic mass is 16.2. The highest BCUT2D eigenvalue weighted by Crippen LogP contribution is 2.13. The molecule has 2 N–H and O–H groups in total. The molecule has 1 aromatic heterocycles. The van der Waals surface area contributed by atoms with Gasteiger partial charge in [0.15, 0.2) is 0 Å². The minimum Gasteiger partial charge on any atom is -0.344 e. The summed E-state index contributed by atoms with van der Waals surface area (Å²) in [7, 11) is 3.61. The van der Waals surface area contributed by atoms with Crippen molar-refractivity contribution in [1.82, 2.24) is 14.7 Å². The zero-order valence-electron chi connectivity index (χ0n) is 11.1. The molecule has 5 heteroatoms. The minimum absolute atomic E-state index is 0.0571. The smallest absolute Gasteiger partial charge is 0.243 e. The van der Waals surface area contributed by atoms with Gasteiger partial charge in [-0.05, 0) is 5.92 Å². The molecule has 0 saturated heterocycles. The monoisotopic (exact) mass is 238 g/mol. The van der Waals surface area contributed by atoms with Crippen molar-refractivity contribution >= 4 is 5.91 Å². The van der Waals surface area contributed by atoms with Crippen LogP contribution in [0.1, 0.15) is 31.9 Å². The van der Waals surface area contributed by atoms with E-state index in [-0.39, 0.29) is 5.91 Å². The molecule has 0 aromatic carbocycles. The fourth-order valence-electron chi connectivity index (χ4n) is 1.67. The number of carbonyl (C=O) groups is 1. The van der Waals surface area contributed by atoms with Crippen molar-refractivity contribution in [1.29, 1.82) is 0 Å². The van der Waals surface area contributed by atoms with Crippen LogP contribution in [0.25, 0.3) is 0 Å². The molecule has 2 unspecified atom stereocenters. The Hall–Kier alpha value is -1.36. The van der Waals surface area contributed by atoms with Crippen molar-refractivity contribution in [2.24, 2.45) is 18.7 Å². The predicted octanol–water partition coefficient (Wildman–Crippen LogP) is 0.924. The molecule has 0 saturated carbocycles. The maximum Gasteiger partial charge on any atom is 0.243 e. The van der Waals surface area contributed by atoms with E-state index in [0.717, 1.165) is 18.5 Å². The van der Waals surface area contributed by atoms with Crippen LogP contribution < -0.4 is 5.73 Å². The molecule has 0 aliphatic rings. The van der Waals surface area contributed by atoms with Gasteiger partial charge >= 0.3 is 0 Å². The largest absolute Gasteiger partial charge is 0.344 e. The molecule has 0 bridgehead atoms. The Morgan fingerprint density at radius 1 is 1.65 bits per heavy atom. The second-order valence-corrected chi connectivity index (χ2v) is 4.66. The number of hydrogen-bond acceptors (Lipinski definition) is 3. The Balaban J connectivity index is 2.63. The van der Waals surface area contributed by atoms with Gasteiger partial charge in [0, 0.05) is 32.4 Å². The summed E-state index contributed by atoms with van der Waals surface area (Å²) in [6.45, 7) is 4.98. The first-order valence-electron chi connectivity index (χ1n) is 5.94. The molecule has 0 spiro atoms. The first-order chi connectivity index (χ1) is 7.95. The van der Waals surface area contributed by atoms with Crippen LogP contribution in [0.3, 0.4) is 0 Å². The molecule has 1 heterocycles. The Kier molecular flexibility index (Phi) is 4.69. The van der Waals surface area contributed by atoms with E-state index in [9.17, 15) is 4.79 Å². The molecular weight excluding hydrogens is 216 g/mol. The minimum atomic E-state index is -0.613. The Morgan fingerprint density at radius 3 is 2.76 bits per heavy atom. The summed E-state index contributed by atoms with van der Waals surface area (Å²) in [5.41, 5.74) is 6.68. The molecule has 5 nitrogen and oxygen atoms in total. The van der Waals surface area contributed by atoms with Gasteiger partial charge < -0.3 is 10.6 Å². The molecule has 17 heavy (non-hydrogen) atoms. The molecule has 0 radical (unpaired) electrons. The maximum atomic E-state index is 12.1. The van der Waals surface area contributed by atoms with Crippen molar-refractivity contribution in [3.8, 4) is 0 Å². The van der Waals surface area contributed by atoms with E-state index in [1.54, 1.807) is 29.0 Å². The molecule has 1 aromatic rings. The zero-order chi connectivity index (χ0) is 13.0. The molecular formula is C12H22N4O. The van der Waals surface area contributed by atoms with Crippen LogP contribution in [0.4, 0.5) is 0 Å². The normalized spacial score (nSPS) is 14.4. The van der Waals surface area contributed by atoms with Crippen molar-refractivity contribution in [2.75, 3.05) is 13.6 Å². The second-order valence-electron chi connectivity index (χ2n) is 4.66. The molecule has 1 amide bonds. The average molecular weight is 238 g/mol. The van der Waals surface area contributed by atoms with Crippen LogP contribution in [0.2, 0.25) is 0 Å². The first-order valence-corrected chi connectivity index (χ1v) is 5.94. The average Bonchev–Trinajstić information content (AvgIpc) is 2.73. The summed E-state index contributed by atoms with van der Waals surface area (Å²) < 4.78 is 1.65. The molecule has 2 atom stereocenters. The Bertz CT molecular complexity index is 374. The summed E-state index contributed by atoms with van der Waals surface area (Å²) in [6, 6.07) is -0.613. The van der Waals surface area contributed by atoms with Gasteiger partial charge in [-0.3, -0.25) is 9.48 Å². The van der Waals surface area contributed by atoms with Crippen LogP contribution in [-0.4, -0.2) is 34.2 Å². The van der Waals surface area contributed by atoms with E-state index in [1.165, 1.54) is 0 Å². The van der Waals surface area contributed by atoms with E-state index >= 15 is 0 Å². The third kappa shape index (κ3) is 3.56. The SMILES string of the molecule is CCC(C)CN(C)C(=O)C(N)c1cnn(C)c1. The van der Waals surface area contributed by atoms with Crippen LogP contribution in [-0.2, 0) is 11.8 Å². The summed E-state index contributed by atoms with van der Waals surface area (Å²) in [6.07, 6.45) is 4.47. The summed E-state index contributed by atoms with van der Waals surface area (Å²) in [4.78, 5) is 13.8. The fourth-order valence-corrected chi connectivity index (χ4v) is 1.67. The van der Waals surface area contributed by atoms with Gasteiger partial charge in [0.2, 0.25) is 5.91 Å². The molecule has 96 valence electrons. The quantitative estimate of drug-likeness (QED) is 0.829. The zero-order valence-corrected chi connectivity index (χ0v) is 11.1. The second kappa shape index (κ2) is 5.82. The van der Waals surface area contributed by atoms with E-state index in [1.807, 2.05) is 7.05 Å². The number of carbonyl (C=O) groups excluding carboxylic acids is 1. The van der Waals surface area contributed by atoms with Crippen LogP contribution in [0.15, 0.2) is 12.4 Å². The molecule has 1 rings (SSSR count). The van der Waals surface area contributed by atoms with Gasteiger partial charge in [-0.15, -0.1) is 0 Å². The van der Waals surface area contributed by atoms with Gasteiger partial charge in [0.05, 0.1) is 6.20 Å². The van der Waals surface area contributed by atoms with E-state index in [2.05, 4.69) is 18.9 Å². The topological polar surface area (TPSA) is 64.2 Å². The molecule has 0 aliphatic carbocycles. The van der Waals surface area contributed by atoms with Crippen molar-refractivity contribution in [3.63, 3.8) is 0 Å². The number of nitrogens with two attached hydrogens (primary N) is 1. The van der Waals surface area contributed by atoms with Crippen LogP contribution >= 0.6 is 0 Å². The Labute approximate surface area is 103 Å². The highest BCUT2D eigenvalue weighted by Gasteiger charge is 2.21. The van der Waals surface area contributed by atoms with Crippen molar-refractivity contribution in [2.45, 2.75) is 26.3 Å². The number of aromatic nitrogens is 2. The van der Waals surface area contributed by atoms with Gasteiger partial charge in [-0.2, -0.15) is 5.10 Å². The number of likely N-dealkylation sites (N-methyl/N-ethyl adjacent to an activating group) is 1. The number of hydrogen-bond donors (Lipinski definition) is 1. The predicted molar refractivity (Wildman–Crippen MR) is 67.2 cm³/mol. The lowest BCUT2D eigenvalue weighted by atomic mass is 10.1. The summed E-state index contributed by atoms with van der Waals surface area (Å²) in [5, 5.41) is 4.02. The van der Waals surface area contributed by atoms with Crippen LogP contribution in [0.5, 0.6) is 0 Å². The van der Waals surface area contributed by atoms with Crippen LogP contribution in [0, 0.1) is 5.92 Å². The van der Waals surface area contributed by atoms with E-state index in [4.69, 9.17) is 5.73 Å². The fraction of sp³-hybridized carbons (Fsp3) is 0.667. The van der Waals surface area contributed by atoms with Gasteiger partial charge in [0.25, 0.3) is 0 Å². The van der Waals surface area contributed by atoms with E-state index in [0.29, 0.717) is 5.92 Å². The molecule has 0 aliphatic heterocycles. The molecule has 0 fully saturated rings. The lowest BCUT2D eigenvalue weighted by Crippen LogP contribution is -2.38. The summed E-state index contributed by atoms with van der Waals surface area (Å²) in [5.74, 6) is 0.434. The standard InChI is InChI=1S/C12H22N4O/c1-5-9(2)7-15(3)12(17)11(13)10-6-14-16(4)8-10/h6,8-9,11H,5,7,13H2,1-4H3. The van der Waals surface area contributed by atoms with Gasteiger partial charge in [0.1, 0.15) is 6.04 Å². The van der Waals surface area contributed by atoms with Gasteiger partial charge in [-0.25, -0.2) is 0 Å². The lowest BCUT2D eigenvalue weighted by molar-refractivity contribution is -0.131. The lowest BCUT2D eigenvalue weighted by Gasteiger charge is -2.23. The third-order valence-corrected chi connectivity index (χ3v) is 3.01. The maximum absolute atomic E-state index is 12.1. The van der Waals surface area contributed by atoms with Gasteiger partial charge in [-0.1, -0.05) is 20.3 Å². The number of aryl methyl sites for hydroxylation is 1. The van der Waals surface area contributed by atoms with Crippen molar-refractivity contribution < 1.29 is 4.79 Å². The summed E-state index contributed by atoms with van der Waals surface area (Å²) >= 11 is 0. The number of nitrogens with zero attached hydrogens (tertiary/aromatic N) is 3. The van der Waals surface area contributed by atoms with Crippen molar-refractivity contribution in [3.05, 3.63) is 18.0 Å². The highest BCUT2D eigenvalue weighted by molar-refractivity contribution is 5.82.